The average molecular weight is 240 g/mol. The minimum Gasteiger partial charge on any atom is -0.271 e. The molecule has 2 heteroatoms. The van der Waals surface area contributed by atoms with E-state index in [9.17, 15) is 0 Å². The first kappa shape index (κ1) is 15.0. The van der Waals surface area contributed by atoms with Crippen molar-refractivity contribution >= 4 is 0 Å². The second-order valence-corrected chi connectivity index (χ2v) is 5.88. The van der Waals surface area contributed by atoms with Gasteiger partial charge in [-0.3, -0.25) is 11.3 Å². The molecule has 0 saturated heterocycles. The molecule has 102 valence electrons. The highest BCUT2D eigenvalue weighted by Crippen LogP contribution is 2.34. The molecular weight excluding hydrogens is 208 g/mol. The van der Waals surface area contributed by atoms with Gasteiger partial charge in [0.05, 0.1) is 0 Å². The van der Waals surface area contributed by atoms with Crippen LogP contribution in [0.2, 0.25) is 0 Å². The van der Waals surface area contributed by atoms with E-state index < -0.39 is 0 Å². The standard InChI is InChI=1S/C15H32N2/c1-4-12(5-2)11-15(17-16)14-9-7-13(6-3)8-10-14/h12-15,17H,4-11,16H2,1-3H3. The zero-order valence-corrected chi connectivity index (χ0v) is 12.0. The Bertz CT molecular complexity index is 181. The Hall–Kier alpha value is -0.0800. The lowest BCUT2D eigenvalue weighted by molar-refractivity contribution is 0.194. The number of hydrazine groups is 1. The van der Waals surface area contributed by atoms with Gasteiger partial charge < -0.3 is 0 Å². The molecule has 1 atom stereocenters. The fourth-order valence-electron chi connectivity index (χ4n) is 3.38. The highest BCUT2D eigenvalue weighted by atomic mass is 15.2. The van der Waals surface area contributed by atoms with Crippen LogP contribution in [0.25, 0.3) is 0 Å². The Morgan fingerprint density at radius 3 is 2.06 bits per heavy atom. The molecule has 1 unspecified atom stereocenters. The summed E-state index contributed by atoms with van der Waals surface area (Å²) < 4.78 is 0. The minimum absolute atomic E-state index is 0.553. The molecule has 1 rings (SSSR count). The van der Waals surface area contributed by atoms with E-state index in [4.69, 9.17) is 5.84 Å². The molecule has 0 aromatic carbocycles. The minimum atomic E-state index is 0.553. The molecule has 3 N–H and O–H groups in total. The second-order valence-electron chi connectivity index (χ2n) is 5.88. The molecule has 0 amide bonds. The molecule has 0 spiro atoms. The summed E-state index contributed by atoms with van der Waals surface area (Å²) in [6.45, 7) is 6.93. The summed E-state index contributed by atoms with van der Waals surface area (Å²) in [5.41, 5.74) is 3.10. The van der Waals surface area contributed by atoms with Crippen molar-refractivity contribution in [3.8, 4) is 0 Å². The molecule has 0 heterocycles. The van der Waals surface area contributed by atoms with Crippen molar-refractivity contribution < 1.29 is 0 Å². The normalized spacial score (nSPS) is 27.4. The van der Waals surface area contributed by atoms with Crippen LogP contribution in [-0.2, 0) is 0 Å². The van der Waals surface area contributed by atoms with Gasteiger partial charge in [-0.25, -0.2) is 0 Å². The van der Waals surface area contributed by atoms with Crippen LogP contribution in [0.1, 0.15) is 72.1 Å². The van der Waals surface area contributed by atoms with E-state index in [2.05, 4.69) is 26.2 Å². The summed E-state index contributed by atoms with van der Waals surface area (Å²) >= 11 is 0. The van der Waals surface area contributed by atoms with E-state index in [0.29, 0.717) is 6.04 Å². The first-order valence-corrected chi connectivity index (χ1v) is 7.71. The lowest BCUT2D eigenvalue weighted by Crippen LogP contribution is -2.43. The van der Waals surface area contributed by atoms with Crippen molar-refractivity contribution in [2.24, 2.45) is 23.6 Å². The highest BCUT2D eigenvalue weighted by Gasteiger charge is 2.27. The Labute approximate surface area is 108 Å². The van der Waals surface area contributed by atoms with Gasteiger partial charge in [0.2, 0.25) is 0 Å². The van der Waals surface area contributed by atoms with Gasteiger partial charge in [0.1, 0.15) is 0 Å². The quantitative estimate of drug-likeness (QED) is 0.524. The van der Waals surface area contributed by atoms with Crippen molar-refractivity contribution in [3.63, 3.8) is 0 Å². The van der Waals surface area contributed by atoms with Crippen LogP contribution in [0, 0.1) is 17.8 Å². The molecule has 1 fully saturated rings. The molecule has 1 aliphatic carbocycles. The molecule has 0 aromatic heterocycles. The van der Waals surface area contributed by atoms with Gasteiger partial charge in [-0.2, -0.15) is 0 Å². The van der Waals surface area contributed by atoms with E-state index >= 15 is 0 Å². The molecule has 0 aliphatic heterocycles. The van der Waals surface area contributed by atoms with Crippen molar-refractivity contribution in [3.05, 3.63) is 0 Å². The predicted molar refractivity (Wildman–Crippen MR) is 75.5 cm³/mol. The van der Waals surface area contributed by atoms with Gasteiger partial charge in [0.15, 0.2) is 0 Å². The van der Waals surface area contributed by atoms with Gasteiger partial charge in [-0.15, -0.1) is 0 Å². The third-order valence-electron chi connectivity index (χ3n) is 4.99. The molecule has 17 heavy (non-hydrogen) atoms. The van der Waals surface area contributed by atoms with Crippen LogP contribution in [0.4, 0.5) is 0 Å². The van der Waals surface area contributed by atoms with Crippen molar-refractivity contribution in [2.75, 3.05) is 0 Å². The fraction of sp³-hybridized carbons (Fsp3) is 1.00. The van der Waals surface area contributed by atoms with Gasteiger partial charge in [0.25, 0.3) is 0 Å². The van der Waals surface area contributed by atoms with Gasteiger partial charge in [-0.1, -0.05) is 52.9 Å². The number of nitrogens with two attached hydrogens (primary N) is 1. The maximum Gasteiger partial charge on any atom is 0.0241 e. The maximum atomic E-state index is 5.78. The number of hydrogen-bond acceptors (Lipinski definition) is 2. The van der Waals surface area contributed by atoms with E-state index in [1.165, 1.54) is 51.4 Å². The maximum absolute atomic E-state index is 5.78. The molecule has 0 bridgehead atoms. The topological polar surface area (TPSA) is 38.0 Å². The fourth-order valence-corrected chi connectivity index (χ4v) is 3.38. The molecule has 2 nitrogen and oxygen atoms in total. The molecule has 0 aromatic rings. The monoisotopic (exact) mass is 240 g/mol. The van der Waals surface area contributed by atoms with Crippen LogP contribution >= 0.6 is 0 Å². The van der Waals surface area contributed by atoms with Crippen molar-refractivity contribution in [1.29, 1.82) is 0 Å². The Balaban J connectivity index is 2.40. The van der Waals surface area contributed by atoms with Gasteiger partial charge in [-0.05, 0) is 37.0 Å². The van der Waals surface area contributed by atoms with Crippen molar-refractivity contribution in [2.45, 2.75) is 78.2 Å². The van der Waals surface area contributed by atoms with E-state index in [1.54, 1.807) is 0 Å². The van der Waals surface area contributed by atoms with Crippen LogP contribution in [0.15, 0.2) is 0 Å². The SMILES string of the molecule is CCC1CCC(C(CC(CC)CC)NN)CC1. The third-order valence-corrected chi connectivity index (χ3v) is 4.99. The Morgan fingerprint density at radius 2 is 1.65 bits per heavy atom. The molecular formula is C15H32N2. The average Bonchev–Trinajstić information content (AvgIpc) is 2.40. The van der Waals surface area contributed by atoms with Gasteiger partial charge >= 0.3 is 0 Å². The van der Waals surface area contributed by atoms with Crippen LogP contribution < -0.4 is 11.3 Å². The lowest BCUT2D eigenvalue weighted by atomic mass is 9.75. The predicted octanol–water partition coefficient (Wildman–Crippen LogP) is 3.86. The highest BCUT2D eigenvalue weighted by molar-refractivity contribution is 4.82. The van der Waals surface area contributed by atoms with E-state index in [-0.39, 0.29) is 0 Å². The largest absolute Gasteiger partial charge is 0.271 e. The smallest absolute Gasteiger partial charge is 0.0241 e. The van der Waals surface area contributed by atoms with Gasteiger partial charge in [0, 0.05) is 6.04 Å². The summed E-state index contributed by atoms with van der Waals surface area (Å²) in [7, 11) is 0. The Kier molecular flexibility index (Phi) is 7.14. The van der Waals surface area contributed by atoms with E-state index in [1.807, 2.05) is 0 Å². The summed E-state index contributed by atoms with van der Waals surface area (Å²) in [5.74, 6) is 8.43. The second kappa shape index (κ2) is 8.10. The number of rotatable bonds is 7. The van der Waals surface area contributed by atoms with Crippen LogP contribution in [0.3, 0.4) is 0 Å². The summed E-state index contributed by atoms with van der Waals surface area (Å²) in [4.78, 5) is 0. The third kappa shape index (κ3) is 4.59. The Morgan fingerprint density at radius 1 is 1.06 bits per heavy atom. The molecule has 0 radical (unpaired) electrons. The van der Waals surface area contributed by atoms with Crippen LogP contribution in [0.5, 0.6) is 0 Å². The first-order valence-electron chi connectivity index (χ1n) is 7.71. The first-order chi connectivity index (χ1) is 8.24. The summed E-state index contributed by atoms with van der Waals surface area (Å²) in [6.07, 6.45) is 10.8. The molecule has 1 saturated carbocycles. The molecule has 1 aliphatic rings. The van der Waals surface area contributed by atoms with Crippen molar-refractivity contribution in [1.82, 2.24) is 5.43 Å². The lowest BCUT2D eigenvalue weighted by Gasteiger charge is -2.34. The van der Waals surface area contributed by atoms with E-state index in [0.717, 1.165) is 17.8 Å². The summed E-state index contributed by atoms with van der Waals surface area (Å²) in [6, 6.07) is 0.553. The zero-order valence-electron chi connectivity index (χ0n) is 12.0. The zero-order chi connectivity index (χ0) is 12.7. The summed E-state index contributed by atoms with van der Waals surface area (Å²) in [5, 5.41) is 0. The number of nitrogens with one attached hydrogen (secondary N) is 1. The van der Waals surface area contributed by atoms with Crippen LogP contribution in [-0.4, -0.2) is 6.04 Å². The number of hydrogen-bond donors (Lipinski definition) is 2.